The van der Waals surface area contributed by atoms with Gasteiger partial charge in [0.25, 0.3) is 0 Å². The van der Waals surface area contributed by atoms with Crippen LogP contribution in [0.5, 0.6) is 0 Å². The van der Waals surface area contributed by atoms with Crippen molar-refractivity contribution in [1.82, 2.24) is 8.75 Å². The molecule has 34 heavy (non-hydrogen) atoms. The van der Waals surface area contributed by atoms with Gasteiger partial charge in [-0.2, -0.15) is 8.75 Å². The molecule has 0 spiro atoms. The van der Waals surface area contributed by atoms with Crippen LogP contribution in [0.4, 0.5) is 0 Å². The van der Waals surface area contributed by atoms with Crippen molar-refractivity contribution in [2.45, 2.75) is 45.8 Å². The lowest BCUT2D eigenvalue weighted by molar-refractivity contribution is 0.00578. The standard InChI is InChI=1S/C25H23BN2O2S4/c1-14-6-9-19(31-14)20-11-10-17(32-20)15-7-8-16(23-22(15)27-34-28-23)18-12-13-21(33-18)26-29-24(2,3)25(4,5)30-26/h6-13H,1-5H3. The van der Waals surface area contributed by atoms with Crippen molar-refractivity contribution in [3.63, 3.8) is 0 Å². The number of hydrogen-bond acceptors (Lipinski definition) is 8. The molecule has 0 radical (unpaired) electrons. The van der Waals surface area contributed by atoms with Gasteiger partial charge in [0.05, 0.1) is 22.9 Å². The molecule has 5 aromatic rings. The lowest BCUT2D eigenvalue weighted by Gasteiger charge is -2.32. The third-order valence-corrected chi connectivity index (χ3v) is 10.6. The van der Waals surface area contributed by atoms with Gasteiger partial charge in [0.2, 0.25) is 0 Å². The third kappa shape index (κ3) is 3.70. The molecule has 1 saturated heterocycles. The molecule has 1 aromatic carbocycles. The van der Waals surface area contributed by atoms with Crippen molar-refractivity contribution in [3.8, 4) is 30.6 Å². The molecule has 1 aliphatic heterocycles. The lowest BCUT2D eigenvalue weighted by Crippen LogP contribution is -2.41. The lowest BCUT2D eigenvalue weighted by atomic mass is 9.88. The van der Waals surface area contributed by atoms with Gasteiger partial charge in [-0.1, -0.05) is 18.2 Å². The summed E-state index contributed by atoms with van der Waals surface area (Å²) in [5.74, 6) is 0. The van der Waals surface area contributed by atoms with Crippen molar-refractivity contribution in [2.24, 2.45) is 0 Å². The highest BCUT2D eigenvalue weighted by molar-refractivity contribution is 7.25. The second-order valence-electron chi connectivity index (χ2n) is 9.49. The predicted octanol–water partition coefficient (Wildman–Crippen LogP) is 7.48. The molecule has 0 N–H and O–H groups in total. The number of nitrogens with zero attached hydrogens (tertiary/aromatic N) is 2. The summed E-state index contributed by atoms with van der Waals surface area (Å²) in [7, 11) is -0.350. The third-order valence-electron chi connectivity index (χ3n) is 6.65. The fourth-order valence-corrected chi connectivity index (χ4v) is 7.59. The van der Waals surface area contributed by atoms with Crippen molar-refractivity contribution in [2.75, 3.05) is 0 Å². The Hall–Kier alpha value is -1.88. The Morgan fingerprint density at radius 1 is 0.647 bits per heavy atom. The van der Waals surface area contributed by atoms with E-state index in [4.69, 9.17) is 9.31 Å². The highest BCUT2D eigenvalue weighted by atomic mass is 32.1. The number of hydrogen-bond donors (Lipinski definition) is 0. The molecule has 0 saturated carbocycles. The van der Waals surface area contributed by atoms with Gasteiger partial charge in [-0.15, -0.1) is 34.0 Å². The number of rotatable bonds is 4. The summed E-state index contributed by atoms with van der Waals surface area (Å²) in [6, 6.07) is 17.4. The molecule has 172 valence electrons. The number of aryl methyl sites for hydroxylation is 1. The smallest absolute Gasteiger partial charge is 0.399 e. The average Bonchev–Trinajstić information content (AvgIpc) is 3.59. The van der Waals surface area contributed by atoms with Gasteiger partial charge in [-0.25, -0.2) is 0 Å². The van der Waals surface area contributed by atoms with E-state index in [0.717, 1.165) is 31.8 Å². The minimum Gasteiger partial charge on any atom is -0.399 e. The van der Waals surface area contributed by atoms with Gasteiger partial charge in [0.1, 0.15) is 11.0 Å². The van der Waals surface area contributed by atoms with Crippen LogP contribution in [-0.4, -0.2) is 27.1 Å². The first-order chi connectivity index (χ1) is 16.2. The van der Waals surface area contributed by atoms with Crippen LogP contribution in [-0.2, 0) is 9.31 Å². The quantitative estimate of drug-likeness (QED) is 0.230. The van der Waals surface area contributed by atoms with Crippen molar-refractivity contribution >= 4 is 68.7 Å². The molecular formula is C25H23BN2O2S4. The van der Waals surface area contributed by atoms with Gasteiger partial charge in [-0.3, -0.25) is 0 Å². The number of thiophene rings is 3. The van der Waals surface area contributed by atoms with Crippen molar-refractivity contribution < 1.29 is 9.31 Å². The molecule has 4 nitrogen and oxygen atoms in total. The molecule has 0 amide bonds. The molecular weight excluding hydrogens is 499 g/mol. The molecule has 0 atom stereocenters. The van der Waals surface area contributed by atoms with Crippen LogP contribution in [0.2, 0.25) is 0 Å². The maximum Gasteiger partial charge on any atom is 0.505 e. The van der Waals surface area contributed by atoms with Crippen molar-refractivity contribution in [3.05, 3.63) is 53.4 Å². The van der Waals surface area contributed by atoms with Gasteiger partial charge >= 0.3 is 7.12 Å². The molecule has 0 aliphatic carbocycles. The Kier molecular flexibility index (Phi) is 5.37. The van der Waals surface area contributed by atoms with Crippen LogP contribution < -0.4 is 4.78 Å². The molecule has 4 aromatic heterocycles. The highest BCUT2D eigenvalue weighted by Crippen LogP contribution is 2.42. The van der Waals surface area contributed by atoms with Crippen LogP contribution in [0.1, 0.15) is 32.6 Å². The minimum absolute atomic E-state index is 0.350. The van der Waals surface area contributed by atoms with Gasteiger partial charge in [0.15, 0.2) is 0 Å². The summed E-state index contributed by atoms with van der Waals surface area (Å²) in [5.41, 5.74) is 3.45. The molecule has 5 heterocycles. The van der Waals surface area contributed by atoms with E-state index in [1.807, 2.05) is 22.7 Å². The molecule has 0 unspecified atom stereocenters. The van der Waals surface area contributed by atoms with E-state index >= 15 is 0 Å². The van der Waals surface area contributed by atoms with Crippen LogP contribution >= 0.6 is 45.7 Å². The largest absolute Gasteiger partial charge is 0.505 e. The van der Waals surface area contributed by atoms with E-state index < -0.39 is 0 Å². The Morgan fingerprint density at radius 2 is 1.18 bits per heavy atom. The average molecular weight is 523 g/mol. The number of fused-ring (bicyclic) bond motifs is 1. The maximum atomic E-state index is 6.25. The topological polar surface area (TPSA) is 44.2 Å². The molecule has 0 bridgehead atoms. The van der Waals surface area contributed by atoms with Crippen LogP contribution in [0.25, 0.3) is 41.7 Å². The summed E-state index contributed by atoms with van der Waals surface area (Å²) in [6.45, 7) is 10.5. The Balaban J connectivity index is 1.34. The zero-order chi connectivity index (χ0) is 23.7. The first-order valence-electron chi connectivity index (χ1n) is 11.1. The van der Waals surface area contributed by atoms with E-state index in [9.17, 15) is 0 Å². The zero-order valence-corrected chi connectivity index (χ0v) is 22.8. The van der Waals surface area contributed by atoms with E-state index in [1.165, 1.54) is 31.2 Å². The monoisotopic (exact) mass is 522 g/mol. The van der Waals surface area contributed by atoms with Crippen LogP contribution in [0.3, 0.4) is 0 Å². The second-order valence-corrected chi connectivity index (χ2v) is 13.5. The van der Waals surface area contributed by atoms with Crippen molar-refractivity contribution in [1.29, 1.82) is 0 Å². The summed E-state index contributed by atoms with van der Waals surface area (Å²) in [5, 5.41) is 0. The summed E-state index contributed by atoms with van der Waals surface area (Å²) in [4.78, 5) is 6.30. The SMILES string of the molecule is Cc1ccc(-c2ccc(-c3ccc(-c4ccc(B5OC(C)(C)C(C)(C)O5)s4)c4nsnc34)s2)s1. The molecule has 6 rings (SSSR count). The van der Waals surface area contributed by atoms with E-state index in [2.05, 4.69) is 91.9 Å². The van der Waals surface area contributed by atoms with Crippen LogP contribution in [0, 0.1) is 6.92 Å². The number of benzene rings is 1. The molecule has 1 aliphatic rings. The van der Waals surface area contributed by atoms with E-state index in [1.54, 1.807) is 11.3 Å². The maximum absolute atomic E-state index is 6.25. The Bertz CT molecular complexity index is 1490. The zero-order valence-electron chi connectivity index (χ0n) is 19.5. The normalized spacial score (nSPS) is 17.1. The highest BCUT2D eigenvalue weighted by Gasteiger charge is 2.52. The number of aromatic nitrogens is 2. The van der Waals surface area contributed by atoms with E-state index in [-0.39, 0.29) is 18.3 Å². The summed E-state index contributed by atoms with van der Waals surface area (Å²) >= 11 is 6.61. The first kappa shape index (κ1) is 22.6. The predicted molar refractivity (Wildman–Crippen MR) is 148 cm³/mol. The Morgan fingerprint density at radius 3 is 1.79 bits per heavy atom. The van der Waals surface area contributed by atoms with Crippen LogP contribution in [0.15, 0.2) is 48.5 Å². The fraction of sp³-hybridized carbons (Fsp3) is 0.280. The fourth-order valence-electron chi connectivity index (χ4n) is 4.03. The molecule has 1 fully saturated rings. The van der Waals surface area contributed by atoms with Gasteiger partial charge < -0.3 is 9.31 Å². The summed E-state index contributed by atoms with van der Waals surface area (Å²) < 4.78 is 22.9. The van der Waals surface area contributed by atoms with E-state index in [0.29, 0.717) is 0 Å². The van der Waals surface area contributed by atoms with Gasteiger partial charge in [-0.05, 0) is 65.0 Å². The minimum atomic E-state index is -0.350. The first-order valence-corrected chi connectivity index (χ1v) is 14.3. The molecule has 9 heteroatoms. The Labute approximate surface area is 215 Å². The summed E-state index contributed by atoms with van der Waals surface area (Å²) in [6.07, 6.45) is 0. The second kappa shape index (κ2) is 8.08. The van der Waals surface area contributed by atoms with Gasteiger partial charge in [0, 0.05) is 40.3 Å².